The van der Waals surface area contributed by atoms with Crippen LogP contribution in [0.5, 0.6) is 5.75 Å². The number of anilines is 3. The number of nitrogens with zero attached hydrogens (tertiary/aromatic N) is 3. The minimum atomic E-state index is -0.190. The number of benzene rings is 1. The molecule has 2 aliphatic rings. The van der Waals surface area contributed by atoms with Gasteiger partial charge in [0.1, 0.15) is 17.6 Å². The number of para-hydroxylation sites is 2. The van der Waals surface area contributed by atoms with E-state index in [9.17, 15) is 4.79 Å². The number of hydrogen-bond acceptors (Lipinski definition) is 6. The van der Waals surface area contributed by atoms with Gasteiger partial charge in [-0.2, -0.15) is 4.98 Å². The molecule has 142 valence electrons. The summed E-state index contributed by atoms with van der Waals surface area (Å²) in [4.78, 5) is 23.6. The van der Waals surface area contributed by atoms with Crippen molar-refractivity contribution < 1.29 is 9.53 Å². The summed E-state index contributed by atoms with van der Waals surface area (Å²) in [6.45, 7) is 1.58. The van der Waals surface area contributed by atoms with Crippen molar-refractivity contribution in [2.75, 3.05) is 30.4 Å². The van der Waals surface area contributed by atoms with Gasteiger partial charge in [-0.1, -0.05) is 12.1 Å². The van der Waals surface area contributed by atoms with Crippen LogP contribution in [0.25, 0.3) is 0 Å². The standard InChI is InChI=1S/C20H25N5O2/c1-27-17-7-3-2-5-15(17)23-18-10-11-21-20(24-18)25-12-4-6-16(25)19(26)22-13-14-8-9-14/h2-3,5,7,10-11,14,16H,4,6,8-9,12-13H2,1H3,(H,22,26)(H,21,23,24). The lowest BCUT2D eigenvalue weighted by molar-refractivity contribution is -0.122. The highest BCUT2D eigenvalue weighted by atomic mass is 16.5. The summed E-state index contributed by atoms with van der Waals surface area (Å²) >= 11 is 0. The maximum Gasteiger partial charge on any atom is 0.242 e. The third-order valence-electron chi connectivity index (χ3n) is 5.09. The van der Waals surface area contributed by atoms with E-state index >= 15 is 0 Å². The van der Waals surface area contributed by atoms with Crippen molar-refractivity contribution >= 4 is 23.4 Å². The summed E-state index contributed by atoms with van der Waals surface area (Å²) in [5.41, 5.74) is 0.838. The van der Waals surface area contributed by atoms with Crippen LogP contribution < -0.4 is 20.3 Å². The highest BCUT2D eigenvalue weighted by molar-refractivity contribution is 5.85. The smallest absolute Gasteiger partial charge is 0.242 e. The zero-order valence-corrected chi connectivity index (χ0v) is 15.5. The molecular weight excluding hydrogens is 342 g/mol. The number of ether oxygens (including phenoxy) is 1. The van der Waals surface area contributed by atoms with Crippen molar-refractivity contribution in [2.45, 2.75) is 31.7 Å². The summed E-state index contributed by atoms with van der Waals surface area (Å²) in [7, 11) is 1.64. The second-order valence-corrected chi connectivity index (χ2v) is 7.11. The average Bonchev–Trinajstić information content (AvgIpc) is 3.40. The fourth-order valence-corrected chi connectivity index (χ4v) is 3.41. The number of nitrogens with one attached hydrogen (secondary N) is 2. The summed E-state index contributed by atoms with van der Waals surface area (Å²) in [6.07, 6.45) is 5.99. The van der Waals surface area contributed by atoms with Crippen LogP contribution in [0.3, 0.4) is 0 Å². The lowest BCUT2D eigenvalue weighted by Crippen LogP contribution is -2.44. The zero-order chi connectivity index (χ0) is 18.6. The van der Waals surface area contributed by atoms with Crippen molar-refractivity contribution in [3.05, 3.63) is 36.5 Å². The number of methoxy groups -OCH3 is 1. The van der Waals surface area contributed by atoms with E-state index in [1.165, 1.54) is 12.8 Å². The van der Waals surface area contributed by atoms with Crippen molar-refractivity contribution in [1.82, 2.24) is 15.3 Å². The minimum Gasteiger partial charge on any atom is -0.495 e. The molecule has 2 fully saturated rings. The van der Waals surface area contributed by atoms with E-state index in [-0.39, 0.29) is 11.9 Å². The van der Waals surface area contributed by atoms with Crippen LogP contribution in [-0.4, -0.2) is 42.1 Å². The molecule has 1 aliphatic carbocycles. The van der Waals surface area contributed by atoms with Gasteiger partial charge in [0.15, 0.2) is 0 Å². The van der Waals surface area contributed by atoms with Gasteiger partial charge in [0.05, 0.1) is 12.8 Å². The Balaban J connectivity index is 1.48. The van der Waals surface area contributed by atoms with Gasteiger partial charge in [-0.15, -0.1) is 0 Å². The molecule has 2 N–H and O–H groups in total. The number of carbonyl (C=O) groups excluding carboxylic acids is 1. The second kappa shape index (κ2) is 7.82. The number of carbonyl (C=O) groups is 1. The van der Waals surface area contributed by atoms with Crippen LogP contribution >= 0.6 is 0 Å². The molecule has 7 heteroatoms. The SMILES string of the molecule is COc1ccccc1Nc1ccnc(N2CCCC2C(=O)NCC2CC2)n1. The summed E-state index contributed by atoms with van der Waals surface area (Å²) in [5, 5.41) is 6.36. The predicted octanol–water partition coefficient (Wildman–Crippen LogP) is 2.72. The molecule has 2 heterocycles. The number of aromatic nitrogens is 2. The van der Waals surface area contributed by atoms with Crippen molar-refractivity contribution in [2.24, 2.45) is 5.92 Å². The largest absolute Gasteiger partial charge is 0.495 e. The molecule has 1 unspecified atom stereocenters. The number of rotatable bonds is 7. The second-order valence-electron chi connectivity index (χ2n) is 7.11. The van der Waals surface area contributed by atoms with Crippen LogP contribution in [0.4, 0.5) is 17.5 Å². The van der Waals surface area contributed by atoms with E-state index < -0.39 is 0 Å². The highest BCUT2D eigenvalue weighted by Crippen LogP contribution is 2.29. The van der Waals surface area contributed by atoms with Gasteiger partial charge in [0.2, 0.25) is 11.9 Å². The van der Waals surface area contributed by atoms with Crippen LogP contribution in [0.2, 0.25) is 0 Å². The van der Waals surface area contributed by atoms with Gasteiger partial charge in [0, 0.05) is 19.3 Å². The van der Waals surface area contributed by atoms with E-state index in [0.29, 0.717) is 17.7 Å². The molecule has 1 aliphatic heterocycles. The molecule has 1 aromatic carbocycles. The van der Waals surface area contributed by atoms with Crippen LogP contribution in [0, 0.1) is 5.92 Å². The maximum absolute atomic E-state index is 12.6. The van der Waals surface area contributed by atoms with Crippen molar-refractivity contribution in [3.8, 4) is 5.75 Å². The third-order valence-corrected chi connectivity index (χ3v) is 5.09. The van der Waals surface area contributed by atoms with E-state index in [2.05, 4.69) is 20.6 Å². The van der Waals surface area contributed by atoms with Crippen molar-refractivity contribution in [1.29, 1.82) is 0 Å². The van der Waals surface area contributed by atoms with E-state index in [4.69, 9.17) is 4.74 Å². The molecule has 1 saturated heterocycles. The Kier molecular flexibility index (Phi) is 5.09. The molecule has 0 radical (unpaired) electrons. The molecule has 27 heavy (non-hydrogen) atoms. The quantitative estimate of drug-likeness (QED) is 0.783. The molecule has 1 aromatic heterocycles. The maximum atomic E-state index is 12.6. The lowest BCUT2D eigenvalue weighted by Gasteiger charge is -2.24. The van der Waals surface area contributed by atoms with E-state index in [1.54, 1.807) is 13.3 Å². The zero-order valence-electron chi connectivity index (χ0n) is 15.5. The first-order chi connectivity index (χ1) is 13.2. The third kappa shape index (κ3) is 4.13. The number of hydrogen-bond donors (Lipinski definition) is 2. The molecule has 1 atom stereocenters. The highest BCUT2D eigenvalue weighted by Gasteiger charge is 2.33. The Morgan fingerprint density at radius 3 is 2.93 bits per heavy atom. The molecule has 7 nitrogen and oxygen atoms in total. The molecule has 1 saturated carbocycles. The van der Waals surface area contributed by atoms with E-state index in [0.717, 1.165) is 37.4 Å². The molecule has 2 aromatic rings. The molecular formula is C20H25N5O2. The van der Waals surface area contributed by atoms with Crippen molar-refractivity contribution in [3.63, 3.8) is 0 Å². The first-order valence-electron chi connectivity index (χ1n) is 9.52. The minimum absolute atomic E-state index is 0.0890. The van der Waals surface area contributed by atoms with Gasteiger partial charge >= 0.3 is 0 Å². The van der Waals surface area contributed by atoms with E-state index in [1.807, 2.05) is 35.2 Å². The van der Waals surface area contributed by atoms with Crippen LogP contribution in [0.1, 0.15) is 25.7 Å². The van der Waals surface area contributed by atoms with Gasteiger partial charge in [-0.25, -0.2) is 4.98 Å². The van der Waals surface area contributed by atoms with Crippen LogP contribution in [-0.2, 0) is 4.79 Å². The Morgan fingerprint density at radius 1 is 1.26 bits per heavy atom. The summed E-state index contributed by atoms with van der Waals surface area (Å²) in [5.74, 6) is 2.77. The Morgan fingerprint density at radius 2 is 2.11 bits per heavy atom. The lowest BCUT2D eigenvalue weighted by atomic mass is 10.2. The first kappa shape index (κ1) is 17.6. The van der Waals surface area contributed by atoms with Gasteiger partial charge in [-0.05, 0) is 49.8 Å². The fourth-order valence-electron chi connectivity index (χ4n) is 3.41. The average molecular weight is 367 g/mol. The summed E-state index contributed by atoms with van der Waals surface area (Å²) < 4.78 is 5.38. The van der Waals surface area contributed by atoms with Crippen LogP contribution in [0.15, 0.2) is 36.5 Å². The van der Waals surface area contributed by atoms with Gasteiger partial charge in [-0.3, -0.25) is 4.79 Å². The topological polar surface area (TPSA) is 79.4 Å². The van der Waals surface area contributed by atoms with Gasteiger partial charge < -0.3 is 20.3 Å². The fraction of sp³-hybridized carbons (Fsp3) is 0.450. The van der Waals surface area contributed by atoms with Gasteiger partial charge in [0.25, 0.3) is 0 Å². The summed E-state index contributed by atoms with van der Waals surface area (Å²) in [6, 6.07) is 9.31. The predicted molar refractivity (Wildman–Crippen MR) is 104 cm³/mol. The molecule has 0 spiro atoms. The number of amides is 1. The Bertz CT molecular complexity index is 808. The Hall–Kier alpha value is -2.83. The Labute approximate surface area is 159 Å². The normalized spacial score (nSPS) is 19.0. The monoisotopic (exact) mass is 367 g/mol. The molecule has 1 amide bonds. The molecule has 0 bridgehead atoms. The molecule has 4 rings (SSSR count). The first-order valence-corrected chi connectivity index (χ1v) is 9.52.